The molecule has 6 nitrogen and oxygen atoms in total. The zero-order valence-corrected chi connectivity index (χ0v) is 15.8. The number of carbonyl (C=O) groups is 1. The summed E-state index contributed by atoms with van der Waals surface area (Å²) < 4.78 is 0. The first kappa shape index (κ1) is 18.6. The number of hydrogen-bond acceptors (Lipinski definition) is 4. The summed E-state index contributed by atoms with van der Waals surface area (Å²) in [6, 6.07) is 14.9. The van der Waals surface area contributed by atoms with Crippen LogP contribution in [0.2, 0.25) is 0 Å². The Labute approximate surface area is 164 Å². The van der Waals surface area contributed by atoms with Crippen LogP contribution in [-0.4, -0.2) is 34.9 Å². The highest BCUT2D eigenvalue weighted by molar-refractivity contribution is 5.79. The topological polar surface area (TPSA) is 75.5 Å². The average molecular weight is 379 g/mol. The van der Waals surface area contributed by atoms with Crippen LogP contribution in [0.4, 0.5) is 5.69 Å². The second kappa shape index (κ2) is 8.10. The lowest BCUT2D eigenvalue weighted by molar-refractivity contribution is -0.384. The summed E-state index contributed by atoms with van der Waals surface area (Å²) in [5, 5.41) is 14.1. The van der Waals surface area contributed by atoms with Crippen molar-refractivity contribution in [3.05, 3.63) is 75.3 Å². The van der Waals surface area contributed by atoms with Gasteiger partial charge in [0.25, 0.3) is 5.69 Å². The molecule has 1 saturated heterocycles. The van der Waals surface area contributed by atoms with Crippen LogP contribution >= 0.6 is 0 Å². The van der Waals surface area contributed by atoms with E-state index in [1.807, 2.05) is 6.07 Å². The van der Waals surface area contributed by atoms with E-state index >= 15 is 0 Å². The molecule has 2 aromatic carbocycles. The third-order valence-electron chi connectivity index (χ3n) is 5.92. The molecule has 1 aliphatic carbocycles. The Hall–Kier alpha value is -2.73. The van der Waals surface area contributed by atoms with Crippen LogP contribution in [0.1, 0.15) is 42.0 Å². The number of likely N-dealkylation sites (tertiary alicyclic amines) is 1. The Morgan fingerprint density at radius 2 is 1.82 bits per heavy atom. The number of amides is 1. The Morgan fingerprint density at radius 1 is 1.11 bits per heavy atom. The molecule has 1 fully saturated rings. The van der Waals surface area contributed by atoms with E-state index in [1.54, 1.807) is 12.1 Å². The van der Waals surface area contributed by atoms with Crippen molar-refractivity contribution in [1.29, 1.82) is 0 Å². The smallest absolute Gasteiger partial charge is 0.269 e. The number of fused-ring (bicyclic) bond motifs is 1. The van der Waals surface area contributed by atoms with Crippen molar-refractivity contribution in [2.24, 2.45) is 0 Å². The summed E-state index contributed by atoms with van der Waals surface area (Å²) >= 11 is 0. The van der Waals surface area contributed by atoms with Gasteiger partial charge >= 0.3 is 0 Å². The molecular weight excluding hydrogens is 354 g/mol. The maximum absolute atomic E-state index is 12.8. The van der Waals surface area contributed by atoms with Gasteiger partial charge < -0.3 is 5.32 Å². The average Bonchev–Trinajstić information content (AvgIpc) is 3.23. The van der Waals surface area contributed by atoms with E-state index in [4.69, 9.17) is 0 Å². The number of non-ortho nitro benzene ring substituents is 1. The number of carbonyl (C=O) groups excluding carboxylic acids is 1. The molecule has 6 heteroatoms. The molecule has 4 rings (SSSR count). The highest BCUT2D eigenvalue weighted by atomic mass is 16.6. The molecule has 0 saturated carbocycles. The number of nitrogens with one attached hydrogen (secondary N) is 1. The van der Waals surface area contributed by atoms with E-state index in [-0.39, 0.29) is 24.1 Å². The Morgan fingerprint density at radius 3 is 2.54 bits per heavy atom. The van der Waals surface area contributed by atoms with Crippen LogP contribution in [0.5, 0.6) is 0 Å². The van der Waals surface area contributed by atoms with Gasteiger partial charge in [-0.05, 0) is 55.5 Å². The van der Waals surface area contributed by atoms with E-state index in [2.05, 4.69) is 28.4 Å². The molecule has 0 aromatic heterocycles. The second-order valence-corrected chi connectivity index (χ2v) is 7.69. The summed E-state index contributed by atoms with van der Waals surface area (Å²) in [7, 11) is 0. The van der Waals surface area contributed by atoms with Gasteiger partial charge in [0.2, 0.25) is 5.91 Å². The zero-order valence-electron chi connectivity index (χ0n) is 15.8. The number of nitro benzene ring substituents is 1. The normalized spacial score (nSPS) is 21.9. The van der Waals surface area contributed by atoms with E-state index in [0.717, 1.165) is 31.5 Å². The molecule has 2 unspecified atom stereocenters. The van der Waals surface area contributed by atoms with Crippen molar-refractivity contribution >= 4 is 11.6 Å². The van der Waals surface area contributed by atoms with E-state index in [1.165, 1.54) is 36.1 Å². The molecule has 2 atom stereocenters. The third kappa shape index (κ3) is 3.92. The minimum Gasteiger partial charge on any atom is -0.347 e. The molecule has 28 heavy (non-hydrogen) atoms. The molecule has 1 heterocycles. The van der Waals surface area contributed by atoms with Gasteiger partial charge in [-0.25, -0.2) is 0 Å². The monoisotopic (exact) mass is 379 g/mol. The molecule has 146 valence electrons. The lowest BCUT2D eigenvalue weighted by atomic mass is 9.83. The van der Waals surface area contributed by atoms with Gasteiger partial charge in [0, 0.05) is 18.2 Å². The molecule has 1 aliphatic heterocycles. The van der Waals surface area contributed by atoms with Gasteiger partial charge in [-0.15, -0.1) is 0 Å². The first-order valence-electron chi connectivity index (χ1n) is 9.96. The minimum absolute atomic E-state index is 0.00593. The Balaban J connectivity index is 1.51. The quantitative estimate of drug-likeness (QED) is 0.638. The molecule has 0 radical (unpaired) electrons. The molecule has 0 bridgehead atoms. The van der Waals surface area contributed by atoms with Crippen LogP contribution in [0.15, 0.2) is 48.5 Å². The SMILES string of the molecule is O=C(Cc1ccc([N+](=O)[O-])cc1)NC1c2ccccc2CCC1N1CCCC1. The Bertz CT molecular complexity index is 860. The van der Waals surface area contributed by atoms with Crippen LogP contribution in [0.3, 0.4) is 0 Å². The molecule has 1 amide bonds. The fourth-order valence-electron chi connectivity index (χ4n) is 4.53. The van der Waals surface area contributed by atoms with Gasteiger partial charge in [-0.3, -0.25) is 19.8 Å². The van der Waals surface area contributed by atoms with E-state index < -0.39 is 4.92 Å². The predicted octanol–water partition coefficient (Wildman–Crippen LogP) is 3.41. The molecule has 2 aliphatic rings. The number of hydrogen-bond donors (Lipinski definition) is 1. The van der Waals surface area contributed by atoms with Gasteiger partial charge in [0.15, 0.2) is 0 Å². The van der Waals surface area contributed by atoms with E-state index in [0.29, 0.717) is 6.04 Å². The number of nitro groups is 1. The van der Waals surface area contributed by atoms with Gasteiger partial charge in [0.1, 0.15) is 0 Å². The lowest BCUT2D eigenvalue weighted by Gasteiger charge is -2.39. The zero-order chi connectivity index (χ0) is 19.5. The largest absolute Gasteiger partial charge is 0.347 e. The predicted molar refractivity (Wildman–Crippen MR) is 107 cm³/mol. The van der Waals surface area contributed by atoms with Crippen molar-refractivity contribution in [3.8, 4) is 0 Å². The van der Waals surface area contributed by atoms with Crippen molar-refractivity contribution in [3.63, 3.8) is 0 Å². The van der Waals surface area contributed by atoms with Crippen molar-refractivity contribution in [2.75, 3.05) is 13.1 Å². The van der Waals surface area contributed by atoms with E-state index in [9.17, 15) is 14.9 Å². The van der Waals surface area contributed by atoms with Crippen LogP contribution < -0.4 is 5.32 Å². The van der Waals surface area contributed by atoms with Gasteiger partial charge in [-0.1, -0.05) is 36.4 Å². The van der Waals surface area contributed by atoms with Crippen LogP contribution in [0.25, 0.3) is 0 Å². The number of aryl methyl sites for hydroxylation is 1. The maximum Gasteiger partial charge on any atom is 0.269 e. The number of benzene rings is 2. The molecule has 2 aromatic rings. The van der Waals surface area contributed by atoms with Crippen molar-refractivity contribution in [1.82, 2.24) is 10.2 Å². The highest BCUT2D eigenvalue weighted by Gasteiger charge is 2.35. The Kier molecular flexibility index (Phi) is 5.39. The summed E-state index contributed by atoms with van der Waals surface area (Å²) in [5.41, 5.74) is 3.37. The van der Waals surface area contributed by atoms with Gasteiger partial charge in [-0.2, -0.15) is 0 Å². The standard InChI is InChI=1S/C22H25N3O3/c26-21(15-16-7-10-18(11-8-16)25(27)28)23-22-19-6-2-1-5-17(19)9-12-20(22)24-13-3-4-14-24/h1-2,5-8,10-11,20,22H,3-4,9,12-15H2,(H,23,26). The fourth-order valence-corrected chi connectivity index (χ4v) is 4.53. The summed E-state index contributed by atoms with van der Waals surface area (Å²) in [4.78, 5) is 25.7. The van der Waals surface area contributed by atoms with Crippen molar-refractivity contribution < 1.29 is 9.72 Å². The van der Waals surface area contributed by atoms with Crippen LogP contribution in [0, 0.1) is 10.1 Å². The lowest BCUT2D eigenvalue weighted by Crippen LogP contribution is -2.48. The number of rotatable bonds is 5. The molecule has 1 N–H and O–H groups in total. The first-order chi connectivity index (χ1) is 13.6. The molecular formula is C22H25N3O3. The van der Waals surface area contributed by atoms with Gasteiger partial charge in [0.05, 0.1) is 17.4 Å². The van der Waals surface area contributed by atoms with Crippen molar-refractivity contribution in [2.45, 2.75) is 44.2 Å². The highest BCUT2D eigenvalue weighted by Crippen LogP contribution is 2.34. The fraction of sp³-hybridized carbons (Fsp3) is 0.409. The third-order valence-corrected chi connectivity index (χ3v) is 5.92. The maximum atomic E-state index is 12.8. The summed E-state index contributed by atoms with van der Waals surface area (Å²) in [5.74, 6) is -0.0419. The first-order valence-corrected chi connectivity index (χ1v) is 9.96. The second-order valence-electron chi connectivity index (χ2n) is 7.69. The van der Waals surface area contributed by atoms with Crippen LogP contribution in [-0.2, 0) is 17.6 Å². The minimum atomic E-state index is -0.427. The summed E-state index contributed by atoms with van der Waals surface area (Å²) in [6.07, 6.45) is 4.78. The summed E-state index contributed by atoms with van der Waals surface area (Å²) in [6.45, 7) is 2.20. The number of nitrogens with zero attached hydrogens (tertiary/aromatic N) is 2. The molecule has 0 spiro atoms.